The Bertz CT molecular complexity index is 1100. The molecule has 0 radical (unpaired) electrons. The van der Waals surface area contributed by atoms with Gasteiger partial charge in [0.05, 0.1) is 25.6 Å². The standard InChI is InChI=1S/C30H37NO8/c1-21-27(36-16-15-26(32)37-18-23-13-9-6-10-14-23)24(17-22-11-7-5-8-12-22)19-35-20-25(28(33)38-21)31-29(34)39-30(2,3)4/h5-16,21,24-25,27H,17-20H2,1-4H3,(H,31,34)/t21-,24-,25-,27-/m0/s1. The lowest BCUT2D eigenvalue weighted by atomic mass is 9.91. The summed E-state index contributed by atoms with van der Waals surface area (Å²) in [6.45, 7) is 7.16. The van der Waals surface area contributed by atoms with Crippen LogP contribution < -0.4 is 5.32 Å². The Morgan fingerprint density at radius 3 is 2.28 bits per heavy atom. The van der Waals surface area contributed by atoms with E-state index >= 15 is 0 Å². The van der Waals surface area contributed by atoms with Crippen LogP contribution in [0.3, 0.4) is 0 Å². The van der Waals surface area contributed by atoms with Crippen LogP contribution in [0, 0.1) is 5.92 Å². The summed E-state index contributed by atoms with van der Waals surface area (Å²) in [5.41, 5.74) is 1.19. The van der Waals surface area contributed by atoms with Crippen LogP contribution in [0.1, 0.15) is 38.8 Å². The molecular weight excluding hydrogens is 502 g/mol. The van der Waals surface area contributed by atoms with Gasteiger partial charge in [0.1, 0.15) is 24.4 Å². The fourth-order valence-corrected chi connectivity index (χ4v) is 4.04. The van der Waals surface area contributed by atoms with Crippen LogP contribution >= 0.6 is 0 Å². The first-order valence-corrected chi connectivity index (χ1v) is 12.9. The number of hydrogen-bond donors (Lipinski definition) is 1. The lowest BCUT2D eigenvalue weighted by molar-refractivity contribution is -0.157. The Balaban J connectivity index is 1.69. The Hall–Kier alpha value is -3.85. The quantitative estimate of drug-likeness (QED) is 0.228. The summed E-state index contributed by atoms with van der Waals surface area (Å²) in [6.07, 6.45) is 0.912. The molecule has 9 heteroatoms. The first-order valence-electron chi connectivity index (χ1n) is 12.9. The lowest BCUT2D eigenvalue weighted by Gasteiger charge is -2.30. The average molecular weight is 540 g/mol. The molecule has 4 atom stereocenters. The average Bonchev–Trinajstić information content (AvgIpc) is 2.93. The smallest absolute Gasteiger partial charge is 0.408 e. The Morgan fingerprint density at radius 2 is 1.64 bits per heavy atom. The molecule has 0 bridgehead atoms. The molecular formula is C30H37NO8. The molecule has 0 saturated carbocycles. The van der Waals surface area contributed by atoms with Gasteiger partial charge in [0, 0.05) is 5.92 Å². The maximum Gasteiger partial charge on any atom is 0.408 e. The minimum atomic E-state index is -1.05. The van der Waals surface area contributed by atoms with Crippen molar-refractivity contribution in [2.45, 2.75) is 64.6 Å². The number of carbonyl (C=O) groups is 3. The number of carbonyl (C=O) groups excluding carboxylic acids is 3. The third-order valence-electron chi connectivity index (χ3n) is 5.83. The van der Waals surface area contributed by atoms with E-state index in [-0.39, 0.29) is 25.7 Å². The molecule has 210 valence electrons. The van der Waals surface area contributed by atoms with Crippen molar-refractivity contribution in [2.75, 3.05) is 13.2 Å². The number of cyclic esters (lactones) is 1. The molecule has 0 spiro atoms. The number of alkyl carbamates (subject to hydrolysis) is 1. The van der Waals surface area contributed by atoms with Gasteiger partial charge in [0.25, 0.3) is 0 Å². The second kappa shape index (κ2) is 14.3. The monoisotopic (exact) mass is 539 g/mol. The van der Waals surface area contributed by atoms with E-state index in [1.165, 1.54) is 12.3 Å². The normalized spacial score (nSPS) is 22.1. The van der Waals surface area contributed by atoms with E-state index < -0.39 is 41.9 Å². The number of amides is 1. The number of esters is 2. The van der Waals surface area contributed by atoms with Gasteiger partial charge in [-0.15, -0.1) is 0 Å². The van der Waals surface area contributed by atoms with Gasteiger partial charge in [0.2, 0.25) is 0 Å². The summed E-state index contributed by atoms with van der Waals surface area (Å²) in [5.74, 6) is -1.47. The second-order valence-corrected chi connectivity index (χ2v) is 10.3. The number of hydrogen-bond acceptors (Lipinski definition) is 8. The van der Waals surface area contributed by atoms with Gasteiger partial charge in [-0.05, 0) is 45.2 Å². The molecule has 1 heterocycles. The van der Waals surface area contributed by atoms with Crippen molar-refractivity contribution in [1.29, 1.82) is 0 Å². The zero-order chi connectivity index (χ0) is 28.3. The minimum absolute atomic E-state index is 0.0928. The molecule has 1 N–H and O–H groups in total. The molecule has 39 heavy (non-hydrogen) atoms. The summed E-state index contributed by atoms with van der Waals surface area (Å²) in [5, 5.41) is 2.53. The lowest BCUT2D eigenvalue weighted by Crippen LogP contribution is -2.47. The zero-order valence-electron chi connectivity index (χ0n) is 22.8. The molecule has 0 unspecified atom stereocenters. The Kier molecular flexibility index (Phi) is 10.9. The highest BCUT2D eigenvalue weighted by molar-refractivity contribution is 5.82. The van der Waals surface area contributed by atoms with Crippen LogP contribution in [0.5, 0.6) is 0 Å². The van der Waals surface area contributed by atoms with E-state index in [2.05, 4.69) is 5.32 Å². The third kappa shape index (κ3) is 10.4. The van der Waals surface area contributed by atoms with E-state index in [1.807, 2.05) is 60.7 Å². The second-order valence-electron chi connectivity index (χ2n) is 10.3. The van der Waals surface area contributed by atoms with Crippen molar-refractivity contribution in [3.63, 3.8) is 0 Å². The molecule has 1 fully saturated rings. The molecule has 1 amide bonds. The van der Waals surface area contributed by atoms with Gasteiger partial charge in [-0.1, -0.05) is 60.7 Å². The van der Waals surface area contributed by atoms with E-state index in [0.29, 0.717) is 6.42 Å². The van der Waals surface area contributed by atoms with Crippen LogP contribution in [0.4, 0.5) is 4.79 Å². The minimum Gasteiger partial charge on any atom is -0.494 e. The van der Waals surface area contributed by atoms with Gasteiger partial charge in [-0.3, -0.25) is 0 Å². The molecule has 2 aromatic rings. The molecule has 1 aliphatic rings. The van der Waals surface area contributed by atoms with E-state index in [9.17, 15) is 14.4 Å². The number of rotatable bonds is 8. The first-order chi connectivity index (χ1) is 18.6. The van der Waals surface area contributed by atoms with Crippen LogP contribution in [0.2, 0.25) is 0 Å². The highest BCUT2D eigenvalue weighted by atomic mass is 16.6. The maximum absolute atomic E-state index is 12.9. The van der Waals surface area contributed by atoms with Crippen LogP contribution in [-0.2, 0) is 46.3 Å². The molecule has 9 nitrogen and oxygen atoms in total. The SMILES string of the molecule is C[C@@H]1OC(=O)[C@@H](NC(=O)OC(C)(C)C)COC[C@H](Cc2ccccc2)[C@H]1OC=CC(=O)OCc1ccccc1. The van der Waals surface area contributed by atoms with Crippen molar-refractivity contribution in [2.24, 2.45) is 5.92 Å². The van der Waals surface area contributed by atoms with Crippen molar-refractivity contribution < 1.29 is 38.1 Å². The predicted octanol–water partition coefficient (Wildman–Crippen LogP) is 4.34. The van der Waals surface area contributed by atoms with Crippen molar-refractivity contribution in [1.82, 2.24) is 5.32 Å². The van der Waals surface area contributed by atoms with E-state index in [0.717, 1.165) is 11.1 Å². The summed E-state index contributed by atoms with van der Waals surface area (Å²) in [6, 6.07) is 18.1. The van der Waals surface area contributed by atoms with Gasteiger partial charge in [0.15, 0.2) is 6.04 Å². The third-order valence-corrected chi connectivity index (χ3v) is 5.83. The first kappa shape index (κ1) is 29.7. The number of ether oxygens (including phenoxy) is 5. The fourth-order valence-electron chi connectivity index (χ4n) is 4.04. The van der Waals surface area contributed by atoms with E-state index in [4.69, 9.17) is 23.7 Å². The van der Waals surface area contributed by atoms with Crippen molar-refractivity contribution in [3.05, 3.63) is 84.1 Å². The summed E-state index contributed by atoms with van der Waals surface area (Å²) in [4.78, 5) is 37.4. The molecule has 2 aromatic carbocycles. The van der Waals surface area contributed by atoms with Crippen LogP contribution in [0.25, 0.3) is 0 Å². The Labute approximate surface area is 229 Å². The fraction of sp³-hybridized carbons (Fsp3) is 0.433. The molecule has 1 aliphatic heterocycles. The van der Waals surface area contributed by atoms with Crippen LogP contribution in [-0.4, -0.2) is 55.1 Å². The molecule has 1 saturated heterocycles. The topological polar surface area (TPSA) is 109 Å². The summed E-state index contributed by atoms with van der Waals surface area (Å²) < 4.78 is 28.1. The van der Waals surface area contributed by atoms with Gasteiger partial charge < -0.3 is 29.0 Å². The van der Waals surface area contributed by atoms with E-state index in [1.54, 1.807) is 27.7 Å². The van der Waals surface area contributed by atoms with Crippen molar-refractivity contribution in [3.8, 4) is 0 Å². The summed E-state index contributed by atoms with van der Waals surface area (Å²) in [7, 11) is 0. The van der Waals surface area contributed by atoms with Crippen molar-refractivity contribution >= 4 is 18.0 Å². The van der Waals surface area contributed by atoms with Gasteiger partial charge in [-0.2, -0.15) is 0 Å². The number of nitrogens with one attached hydrogen (secondary N) is 1. The number of benzene rings is 2. The van der Waals surface area contributed by atoms with Crippen LogP contribution in [0.15, 0.2) is 73.0 Å². The zero-order valence-corrected chi connectivity index (χ0v) is 22.8. The maximum atomic E-state index is 12.9. The predicted molar refractivity (Wildman–Crippen MR) is 143 cm³/mol. The molecule has 0 aliphatic carbocycles. The highest BCUT2D eigenvalue weighted by Crippen LogP contribution is 2.23. The summed E-state index contributed by atoms with van der Waals surface area (Å²) >= 11 is 0. The Morgan fingerprint density at radius 1 is 1.00 bits per heavy atom. The molecule has 3 rings (SSSR count). The highest BCUT2D eigenvalue weighted by Gasteiger charge is 2.36. The largest absolute Gasteiger partial charge is 0.494 e. The molecule has 0 aromatic heterocycles. The van der Waals surface area contributed by atoms with Gasteiger partial charge in [-0.25, -0.2) is 14.4 Å². The van der Waals surface area contributed by atoms with Gasteiger partial charge >= 0.3 is 18.0 Å².